The Balaban J connectivity index is 3.34. The minimum Gasteiger partial charge on any atom is -0.479 e. The third-order valence-electron chi connectivity index (χ3n) is 2.08. The third kappa shape index (κ3) is 1.85. The number of nitrogens with two attached hydrogens (primary N) is 1. The summed E-state index contributed by atoms with van der Waals surface area (Å²) in [7, 11) is 0. The molecule has 0 aromatic heterocycles. The van der Waals surface area contributed by atoms with Crippen LogP contribution in [-0.2, 0) is 10.3 Å². The Labute approximate surface area is 87.5 Å². The summed E-state index contributed by atoms with van der Waals surface area (Å²) in [5.74, 6) is -3.02. The number of hydrogen-bond acceptors (Lipinski definition) is 2. The zero-order chi connectivity index (χ0) is 12.6. The van der Waals surface area contributed by atoms with Gasteiger partial charge in [-0.15, -0.1) is 0 Å². The number of alkyl halides is 3. The van der Waals surface area contributed by atoms with Crippen LogP contribution in [0, 0.1) is 5.82 Å². The van der Waals surface area contributed by atoms with Crippen molar-refractivity contribution in [2.45, 2.75) is 11.7 Å². The average Bonchev–Trinajstić information content (AvgIpc) is 2.15. The first-order chi connectivity index (χ1) is 7.19. The summed E-state index contributed by atoms with van der Waals surface area (Å²) in [6.07, 6.45) is -5.17. The van der Waals surface area contributed by atoms with Gasteiger partial charge in [-0.3, -0.25) is 0 Å². The maximum atomic E-state index is 12.5. The van der Waals surface area contributed by atoms with E-state index in [-0.39, 0.29) is 0 Å². The van der Waals surface area contributed by atoms with Gasteiger partial charge in [0.25, 0.3) is 0 Å². The van der Waals surface area contributed by atoms with Crippen molar-refractivity contribution in [2.75, 3.05) is 0 Å². The van der Waals surface area contributed by atoms with Gasteiger partial charge in [-0.1, -0.05) is 12.1 Å². The number of carboxylic acids is 1. The standard InChI is InChI=1S/C9H7F4NO2/c10-6-3-1-5(2-4-6)8(14,7(15)16)9(11,12)13/h1-4H,14H2,(H,15,16)/t8-/m0/s1. The minimum atomic E-state index is -5.17. The quantitative estimate of drug-likeness (QED) is 0.768. The summed E-state index contributed by atoms with van der Waals surface area (Å²) in [6.45, 7) is 0. The van der Waals surface area contributed by atoms with Crippen molar-refractivity contribution < 1.29 is 27.5 Å². The van der Waals surface area contributed by atoms with Gasteiger partial charge < -0.3 is 10.8 Å². The van der Waals surface area contributed by atoms with Gasteiger partial charge in [0, 0.05) is 0 Å². The fraction of sp³-hybridized carbons (Fsp3) is 0.222. The Morgan fingerprint density at radius 3 is 1.94 bits per heavy atom. The monoisotopic (exact) mass is 237 g/mol. The van der Waals surface area contributed by atoms with E-state index < -0.39 is 29.1 Å². The summed E-state index contributed by atoms with van der Waals surface area (Å²) >= 11 is 0. The van der Waals surface area contributed by atoms with Crippen LogP contribution in [0.3, 0.4) is 0 Å². The van der Waals surface area contributed by atoms with E-state index in [9.17, 15) is 22.4 Å². The van der Waals surface area contributed by atoms with E-state index in [2.05, 4.69) is 0 Å². The second-order valence-electron chi connectivity index (χ2n) is 3.12. The fourth-order valence-corrected chi connectivity index (χ4v) is 1.12. The summed E-state index contributed by atoms with van der Waals surface area (Å²) in [5.41, 5.74) is 0.587. The summed E-state index contributed by atoms with van der Waals surface area (Å²) in [6, 6.07) is 2.81. The number of benzene rings is 1. The fourth-order valence-electron chi connectivity index (χ4n) is 1.12. The molecule has 0 aliphatic rings. The van der Waals surface area contributed by atoms with Crippen LogP contribution in [0.2, 0.25) is 0 Å². The van der Waals surface area contributed by atoms with Crippen molar-refractivity contribution >= 4 is 5.97 Å². The van der Waals surface area contributed by atoms with Crippen molar-refractivity contribution in [1.82, 2.24) is 0 Å². The maximum Gasteiger partial charge on any atom is 0.421 e. The number of carbonyl (C=O) groups is 1. The molecule has 88 valence electrons. The molecule has 0 amide bonds. The highest BCUT2D eigenvalue weighted by atomic mass is 19.4. The van der Waals surface area contributed by atoms with Crippen molar-refractivity contribution in [2.24, 2.45) is 5.73 Å². The zero-order valence-electron chi connectivity index (χ0n) is 7.75. The number of rotatable bonds is 2. The highest BCUT2D eigenvalue weighted by molar-refractivity contribution is 5.81. The number of carboxylic acid groups (broad SMARTS) is 1. The molecule has 0 fully saturated rings. The molecule has 1 atom stereocenters. The molecule has 0 saturated heterocycles. The highest BCUT2D eigenvalue weighted by Gasteiger charge is 2.59. The van der Waals surface area contributed by atoms with E-state index in [4.69, 9.17) is 10.8 Å². The lowest BCUT2D eigenvalue weighted by atomic mass is 9.90. The molecular formula is C9H7F4NO2. The van der Waals surface area contributed by atoms with Crippen LogP contribution in [0.5, 0.6) is 0 Å². The van der Waals surface area contributed by atoms with Crippen LogP contribution in [-0.4, -0.2) is 17.3 Å². The van der Waals surface area contributed by atoms with Crippen LogP contribution in [0.15, 0.2) is 24.3 Å². The molecule has 0 aliphatic heterocycles. The molecule has 0 spiro atoms. The van der Waals surface area contributed by atoms with Crippen LogP contribution in [0.4, 0.5) is 17.6 Å². The van der Waals surface area contributed by atoms with Gasteiger partial charge >= 0.3 is 12.1 Å². The van der Waals surface area contributed by atoms with E-state index >= 15 is 0 Å². The van der Waals surface area contributed by atoms with E-state index in [0.717, 1.165) is 0 Å². The van der Waals surface area contributed by atoms with Crippen molar-refractivity contribution in [3.05, 3.63) is 35.6 Å². The molecule has 0 bridgehead atoms. The first-order valence-corrected chi connectivity index (χ1v) is 4.04. The van der Waals surface area contributed by atoms with Crippen LogP contribution in [0.1, 0.15) is 5.56 Å². The molecule has 1 aromatic carbocycles. The molecule has 0 radical (unpaired) electrons. The second kappa shape index (κ2) is 3.75. The van der Waals surface area contributed by atoms with Crippen LogP contribution >= 0.6 is 0 Å². The molecule has 7 heteroatoms. The van der Waals surface area contributed by atoms with Gasteiger partial charge in [-0.25, -0.2) is 9.18 Å². The van der Waals surface area contributed by atoms with Crippen LogP contribution < -0.4 is 5.73 Å². The van der Waals surface area contributed by atoms with Gasteiger partial charge in [0.05, 0.1) is 0 Å². The highest BCUT2D eigenvalue weighted by Crippen LogP contribution is 2.36. The van der Waals surface area contributed by atoms with Gasteiger partial charge in [0.1, 0.15) is 5.82 Å². The largest absolute Gasteiger partial charge is 0.479 e. The minimum absolute atomic E-state index is 0.691. The van der Waals surface area contributed by atoms with E-state index in [0.29, 0.717) is 24.3 Å². The lowest BCUT2D eigenvalue weighted by Crippen LogP contribution is -2.56. The van der Waals surface area contributed by atoms with Gasteiger partial charge in [-0.2, -0.15) is 13.2 Å². The third-order valence-corrected chi connectivity index (χ3v) is 2.08. The molecule has 3 nitrogen and oxygen atoms in total. The summed E-state index contributed by atoms with van der Waals surface area (Å²) < 4.78 is 50.1. The SMILES string of the molecule is N[C@](C(=O)O)(c1ccc(F)cc1)C(F)(F)F. The predicted molar refractivity (Wildman–Crippen MR) is 46.0 cm³/mol. The van der Waals surface area contributed by atoms with E-state index in [1.165, 1.54) is 0 Å². The average molecular weight is 237 g/mol. The lowest BCUT2D eigenvalue weighted by Gasteiger charge is -2.27. The number of aliphatic carboxylic acids is 1. The van der Waals surface area contributed by atoms with Gasteiger partial charge in [0.2, 0.25) is 5.54 Å². The predicted octanol–water partition coefficient (Wildman–Crippen LogP) is 1.63. The maximum absolute atomic E-state index is 12.5. The van der Waals surface area contributed by atoms with E-state index in [1.54, 1.807) is 0 Å². The van der Waals surface area contributed by atoms with Crippen molar-refractivity contribution in [1.29, 1.82) is 0 Å². The Bertz CT molecular complexity index is 401. The first-order valence-electron chi connectivity index (χ1n) is 4.04. The molecule has 1 aromatic rings. The summed E-state index contributed by atoms with van der Waals surface area (Å²) in [4.78, 5) is 10.6. The van der Waals surface area contributed by atoms with Gasteiger partial charge in [0.15, 0.2) is 0 Å². The molecule has 3 N–H and O–H groups in total. The van der Waals surface area contributed by atoms with Gasteiger partial charge in [-0.05, 0) is 17.7 Å². The smallest absolute Gasteiger partial charge is 0.421 e. The zero-order valence-corrected chi connectivity index (χ0v) is 7.75. The second-order valence-corrected chi connectivity index (χ2v) is 3.12. The molecule has 0 heterocycles. The number of halogens is 4. The Hall–Kier alpha value is -1.63. The van der Waals surface area contributed by atoms with Crippen molar-refractivity contribution in [3.63, 3.8) is 0 Å². The molecular weight excluding hydrogens is 230 g/mol. The Morgan fingerprint density at radius 2 is 1.62 bits per heavy atom. The molecule has 16 heavy (non-hydrogen) atoms. The molecule has 0 unspecified atom stereocenters. The molecule has 1 rings (SSSR count). The number of hydrogen-bond donors (Lipinski definition) is 2. The topological polar surface area (TPSA) is 63.3 Å². The van der Waals surface area contributed by atoms with Crippen molar-refractivity contribution in [3.8, 4) is 0 Å². The van der Waals surface area contributed by atoms with E-state index in [1.807, 2.05) is 0 Å². The lowest BCUT2D eigenvalue weighted by molar-refractivity contribution is -0.204. The Morgan fingerprint density at radius 1 is 1.19 bits per heavy atom. The molecule has 0 saturated carbocycles. The van der Waals surface area contributed by atoms with Crippen LogP contribution in [0.25, 0.3) is 0 Å². The first kappa shape index (κ1) is 12.4. The molecule has 0 aliphatic carbocycles. The Kier molecular flexibility index (Phi) is 2.91. The normalized spacial score (nSPS) is 15.6. The summed E-state index contributed by atoms with van der Waals surface area (Å²) in [5, 5.41) is 8.55.